The van der Waals surface area contributed by atoms with E-state index in [9.17, 15) is 4.79 Å². The normalized spacial score (nSPS) is 11.1. The Morgan fingerprint density at radius 3 is 2.68 bits per heavy atom. The molecule has 0 fully saturated rings. The van der Waals surface area contributed by atoms with E-state index in [-0.39, 0.29) is 5.56 Å². The maximum atomic E-state index is 12.5. The Labute approximate surface area is 127 Å². The smallest absolute Gasteiger partial charge is 0.255 e. The number of pyridine rings is 2. The van der Waals surface area contributed by atoms with Crippen molar-refractivity contribution in [1.29, 1.82) is 0 Å². The van der Waals surface area contributed by atoms with E-state index >= 15 is 0 Å². The van der Waals surface area contributed by atoms with Crippen molar-refractivity contribution in [2.75, 3.05) is 0 Å². The Morgan fingerprint density at radius 1 is 0.955 bits per heavy atom. The zero-order chi connectivity index (χ0) is 15.1. The van der Waals surface area contributed by atoms with Crippen molar-refractivity contribution < 1.29 is 0 Å². The first kappa shape index (κ1) is 12.8. The molecule has 3 heteroatoms. The predicted octanol–water partition coefficient (Wildman–Crippen LogP) is 3.85. The Hall–Kier alpha value is -2.94. The quantitative estimate of drug-likeness (QED) is 0.498. The summed E-state index contributed by atoms with van der Waals surface area (Å²) in [4.78, 5) is 17.0. The number of aryl methyl sites for hydroxylation is 1. The van der Waals surface area contributed by atoms with Crippen LogP contribution in [0.1, 0.15) is 5.56 Å². The van der Waals surface area contributed by atoms with Crippen LogP contribution < -0.4 is 5.56 Å². The molecule has 2 heterocycles. The predicted molar refractivity (Wildman–Crippen MR) is 89.6 cm³/mol. The highest BCUT2D eigenvalue weighted by atomic mass is 16.1. The molecule has 0 amide bonds. The summed E-state index contributed by atoms with van der Waals surface area (Å²) < 4.78 is 1.77. The number of nitrogens with zero attached hydrogens (tertiary/aromatic N) is 2. The summed E-state index contributed by atoms with van der Waals surface area (Å²) in [7, 11) is 0. The van der Waals surface area contributed by atoms with Crippen molar-refractivity contribution in [3.05, 3.63) is 82.8 Å². The molecule has 4 aromatic rings. The molecular weight excluding hydrogens is 272 g/mol. The highest BCUT2D eigenvalue weighted by molar-refractivity contribution is 6.03. The van der Waals surface area contributed by atoms with Crippen LogP contribution in [0.2, 0.25) is 0 Å². The number of aromatic nitrogens is 2. The van der Waals surface area contributed by atoms with Crippen LogP contribution in [0, 0.1) is 6.92 Å². The molecule has 22 heavy (non-hydrogen) atoms. The molecule has 2 aromatic carbocycles. The average molecular weight is 286 g/mol. The molecule has 0 bridgehead atoms. The Balaban J connectivity index is 2.24. The number of para-hydroxylation sites is 1. The zero-order valence-electron chi connectivity index (χ0n) is 12.2. The lowest BCUT2D eigenvalue weighted by Crippen LogP contribution is -2.17. The highest BCUT2D eigenvalue weighted by Crippen LogP contribution is 2.24. The lowest BCUT2D eigenvalue weighted by Gasteiger charge is -2.12. The van der Waals surface area contributed by atoms with E-state index in [4.69, 9.17) is 0 Å². The van der Waals surface area contributed by atoms with Crippen LogP contribution in [-0.4, -0.2) is 9.55 Å². The van der Waals surface area contributed by atoms with Gasteiger partial charge in [-0.3, -0.25) is 14.3 Å². The van der Waals surface area contributed by atoms with Gasteiger partial charge in [0.25, 0.3) is 5.56 Å². The summed E-state index contributed by atoms with van der Waals surface area (Å²) in [5.74, 6) is 0. The molecular formula is C19H14N2O. The topological polar surface area (TPSA) is 34.9 Å². The molecule has 0 atom stereocenters. The number of hydrogen-bond donors (Lipinski definition) is 0. The summed E-state index contributed by atoms with van der Waals surface area (Å²) in [6.07, 6.45) is 1.82. The molecule has 106 valence electrons. The lowest BCUT2D eigenvalue weighted by atomic mass is 10.1. The maximum absolute atomic E-state index is 12.5. The molecule has 0 spiro atoms. The molecule has 0 unspecified atom stereocenters. The van der Waals surface area contributed by atoms with Gasteiger partial charge in [0, 0.05) is 28.7 Å². The van der Waals surface area contributed by atoms with Gasteiger partial charge < -0.3 is 0 Å². The van der Waals surface area contributed by atoms with Gasteiger partial charge >= 0.3 is 0 Å². The van der Waals surface area contributed by atoms with Crippen LogP contribution in [0.15, 0.2) is 71.7 Å². The summed E-state index contributed by atoms with van der Waals surface area (Å²) in [6.45, 7) is 2.03. The van der Waals surface area contributed by atoms with Crippen LogP contribution >= 0.6 is 0 Å². The van der Waals surface area contributed by atoms with Crippen LogP contribution in [0.25, 0.3) is 27.5 Å². The lowest BCUT2D eigenvalue weighted by molar-refractivity contribution is 1.04. The Kier molecular flexibility index (Phi) is 2.79. The zero-order valence-corrected chi connectivity index (χ0v) is 12.2. The molecule has 3 nitrogen and oxygen atoms in total. The number of rotatable bonds is 1. The van der Waals surface area contributed by atoms with Gasteiger partial charge in [-0.15, -0.1) is 0 Å². The van der Waals surface area contributed by atoms with Crippen molar-refractivity contribution in [2.24, 2.45) is 0 Å². The first-order chi connectivity index (χ1) is 10.7. The minimum atomic E-state index is -0.0329. The van der Waals surface area contributed by atoms with Gasteiger partial charge in [0.1, 0.15) is 0 Å². The van der Waals surface area contributed by atoms with Gasteiger partial charge in [-0.2, -0.15) is 0 Å². The third-order valence-corrected chi connectivity index (χ3v) is 3.88. The monoisotopic (exact) mass is 286 g/mol. The van der Waals surface area contributed by atoms with Gasteiger partial charge in [-0.05, 0) is 36.8 Å². The first-order valence-electron chi connectivity index (χ1n) is 7.20. The second-order valence-electron chi connectivity index (χ2n) is 5.43. The molecule has 0 aliphatic rings. The van der Waals surface area contributed by atoms with Crippen molar-refractivity contribution >= 4 is 21.8 Å². The van der Waals surface area contributed by atoms with Crippen molar-refractivity contribution in [3.8, 4) is 5.69 Å². The van der Waals surface area contributed by atoms with E-state index in [1.54, 1.807) is 10.6 Å². The van der Waals surface area contributed by atoms with Gasteiger partial charge in [-0.1, -0.05) is 30.3 Å². The van der Waals surface area contributed by atoms with Crippen LogP contribution in [0.4, 0.5) is 0 Å². The summed E-state index contributed by atoms with van der Waals surface area (Å²) in [6, 6.07) is 19.3. The van der Waals surface area contributed by atoms with E-state index < -0.39 is 0 Å². The molecule has 0 saturated heterocycles. The van der Waals surface area contributed by atoms with Crippen LogP contribution in [0.3, 0.4) is 0 Å². The van der Waals surface area contributed by atoms with Crippen LogP contribution in [0.5, 0.6) is 0 Å². The fourth-order valence-corrected chi connectivity index (χ4v) is 2.88. The summed E-state index contributed by atoms with van der Waals surface area (Å²) in [5, 5.41) is 1.94. The first-order valence-corrected chi connectivity index (χ1v) is 7.20. The largest absolute Gasteiger partial charge is 0.276 e. The Bertz CT molecular complexity index is 1060. The minimum absolute atomic E-state index is 0.0329. The van der Waals surface area contributed by atoms with Gasteiger partial charge in [0.2, 0.25) is 0 Å². The molecule has 0 radical (unpaired) electrons. The van der Waals surface area contributed by atoms with Crippen molar-refractivity contribution in [3.63, 3.8) is 0 Å². The Morgan fingerprint density at radius 2 is 1.82 bits per heavy atom. The van der Waals surface area contributed by atoms with E-state index in [2.05, 4.69) is 4.98 Å². The van der Waals surface area contributed by atoms with E-state index in [0.29, 0.717) is 0 Å². The molecule has 4 rings (SSSR count). The standard InChI is InChI=1S/C19H14N2O/c1-13-5-4-6-15(11-13)21-18(22)10-9-14-12-20-17-8-3-2-7-16(17)19(14)21/h2-12H,1H3. The van der Waals surface area contributed by atoms with Gasteiger partial charge in [0.15, 0.2) is 0 Å². The van der Waals surface area contributed by atoms with Gasteiger partial charge in [0.05, 0.1) is 11.0 Å². The molecule has 0 aliphatic carbocycles. The number of fused-ring (bicyclic) bond motifs is 3. The second-order valence-corrected chi connectivity index (χ2v) is 5.43. The van der Waals surface area contributed by atoms with E-state index in [1.807, 2.05) is 67.7 Å². The third kappa shape index (κ3) is 1.91. The fourth-order valence-electron chi connectivity index (χ4n) is 2.88. The van der Waals surface area contributed by atoms with Gasteiger partial charge in [-0.25, -0.2) is 0 Å². The molecule has 2 aromatic heterocycles. The molecule has 0 N–H and O–H groups in total. The summed E-state index contributed by atoms with van der Waals surface area (Å²) >= 11 is 0. The van der Waals surface area contributed by atoms with Crippen LogP contribution in [-0.2, 0) is 0 Å². The number of benzene rings is 2. The van der Waals surface area contributed by atoms with Crippen molar-refractivity contribution in [2.45, 2.75) is 6.92 Å². The minimum Gasteiger partial charge on any atom is -0.276 e. The SMILES string of the molecule is Cc1cccc(-n2c(=O)ccc3cnc4ccccc4c32)c1. The van der Waals surface area contributed by atoms with E-state index in [0.717, 1.165) is 33.1 Å². The summed E-state index contributed by atoms with van der Waals surface area (Å²) in [5.41, 5.74) is 3.77. The molecule has 0 saturated carbocycles. The third-order valence-electron chi connectivity index (χ3n) is 3.88. The average Bonchev–Trinajstić information content (AvgIpc) is 2.54. The van der Waals surface area contributed by atoms with E-state index in [1.165, 1.54) is 0 Å². The fraction of sp³-hybridized carbons (Fsp3) is 0.0526. The maximum Gasteiger partial charge on any atom is 0.255 e. The highest BCUT2D eigenvalue weighted by Gasteiger charge is 2.09. The number of hydrogen-bond acceptors (Lipinski definition) is 2. The second kappa shape index (κ2) is 4.81. The molecule has 0 aliphatic heterocycles. The van der Waals surface area contributed by atoms with Crippen molar-refractivity contribution in [1.82, 2.24) is 9.55 Å².